The Morgan fingerprint density at radius 2 is 1.36 bits per heavy atom. The summed E-state index contributed by atoms with van der Waals surface area (Å²) in [7, 11) is 0. The van der Waals surface area contributed by atoms with Gasteiger partial charge in [0.05, 0.1) is 0 Å². The van der Waals surface area contributed by atoms with Crippen LogP contribution >= 0.6 is 0 Å². The Kier molecular flexibility index (Phi) is 11.8. The van der Waals surface area contributed by atoms with Crippen molar-refractivity contribution in [1.82, 2.24) is 4.98 Å². The number of anilines is 2. The fourth-order valence-electron chi connectivity index (χ4n) is 4.99. The van der Waals surface area contributed by atoms with Gasteiger partial charge in [-0.15, -0.1) is 0 Å². The minimum absolute atomic E-state index is 0.0849. The van der Waals surface area contributed by atoms with E-state index < -0.39 is 18.4 Å². The molecule has 2 N–H and O–H groups in total. The van der Waals surface area contributed by atoms with E-state index in [0.717, 1.165) is 16.9 Å². The van der Waals surface area contributed by atoms with Crippen molar-refractivity contribution in [3.8, 4) is 0 Å². The zero-order valence-electron chi connectivity index (χ0n) is 22.4. The van der Waals surface area contributed by atoms with Crippen LogP contribution in [-0.4, -0.2) is 29.3 Å². The number of rotatable bonds is 15. The Morgan fingerprint density at radius 1 is 0.778 bits per heavy atom. The summed E-state index contributed by atoms with van der Waals surface area (Å²) in [6, 6.07) is 20.6. The van der Waals surface area contributed by atoms with E-state index in [0.29, 0.717) is 12.1 Å². The molecular weight excluding hydrogens is 549 g/mol. The number of benzene rings is 2. The van der Waals surface area contributed by atoms with E-state index in [1.165, 1.54) is 51.8 Å². The Bertz CT molecular complexity index is 1030. The van der Waals surface area contributed by atoms with Crippen molar-refractivity contribution in [3.63, 3.8) is 0 Å². The molecule has 1 aromatic heterocycles. The molecule has 0 saturated carbocycles. The van der Waals surface area contributed by atoms with E-state index in [2.05, 4.69) is 60.7 Å². The molecule has 192 valence electrons. The van der Waals surface area contributed by atoms with Crippen LogP contribution in [0.15, 0.2) is 73.1 Å². The van der Waals surface area contributed by atoms with Crippen LogP contribution in [0.3, 0.4) is 0 Å². The topological polar surface area (TPSA) is 54.0 Å². The summed E-state index contributed by atoms with van der Waals surface area (Å²) < 4.78 is 5.99. The number of unbranched alkanes of at least 4 members (excludes halogenated alkanes) is 3. The number of nitrogens with zero attached hydrogens (tertiary/aromatic N) is 1. The fourth-order valence-corrected chi connectivity index (χ4v) is 20.9. The molecule has 1 heterocycles. The molecule has 0 fully saturated rings. The number of amides is 1. The molecule has 0 radical (unpaired) electrons. The Labute approximate surface area is 222 Å². The molecule has 0 aliphatic heterocycles. The predicted molar refractivity (Wildman–Crippen MR) is 157 cm³/mol. The van der Waals surface area contributed by atoms with Gasteiger partial charge in [0, 0.05) is 12.4 Å². The molecule has 4 nitrogen and oxygen atoms in total. The summed E-state index contributed by atoms with van der Waals surface area (Å²) in [4.78, 5) is 17.3. The number of hydrogen-bond donors (Lipinski definition) is 2. The Morgan fingerprint density at radius 3 is 1.94 bits per heavy atom. The molecule has 0 unspecified atom stereocenters. The number of pyridine rings is 1. The van der Waals surface area contributed by atoms with Crippen molar-refractivity contribution in [2.75, 3.05) is 10.6 Å². The number of para-hydroxylation sites is 1. The first-order valence-corrected chi connectivity index (χ1v) is 21.2. The first kappa shape index (κ1) is 28.2. The predicted octanol–water partition coefficient (Wildman–Crippen LogP) is 8.00. The second-order valence-corrected chi connectivity index (χ2v) is 23.1. The molecule has 0 aliphatic carbocycles. The second-order valence-electron chi connectivity index (χ2n) is 9.88. The van der Waals surface area contributed by atoms with Gasteiger partial charge < -0.3 is 0 Å². The zero-order valence-corrected chi connectivity index (χ0v) is 25.2. The summed E-state index contributed by atoms with van der Waals surface area (Å²) in [6.45, 7) is 7.60. The van der Waals surface area contributed by atoms with Crippen molar-refractivity contribution in [1.29, 1.82) is 0 Å². The quantitative estimate of drug-likeness (QED) is 0.176. The van der Waals surface area contributed by atoms with E-state index in [4.69, 9.17) is 0 Å². The maximum absolute atomic E-state index is 13.2. The standard InChI is InChI=1S/C19H16N3O.3C4H9.Sn/c23-19(22-16-6-2-1-3-7-16)17-8-4-5-9-18(17)21-14-15-10-12-20-13-11-15;3*1-3-4-2;/h2-13,21H,14H2,(H,22,23);3*1,3-4H2,2H3;. The molecule has 36 heavy (non-hydrogen) atoms. The molecule has 0 aliphatic rings. The fraction of sp³-hybridized carbons (Fsp3) is 0.419. The first-order valence-electron chi connectivity index (χ1n) is 13.8. The van der Waals surface area contributed by atoms with Crippen molar-refractivity contribution < 1.29 is 4.79 Å². The van der Waals surface area contributed by atoms with Gasteiger partial charge >= 0.3 is 206 Å². The Hall–Kier alpha value is -2.34. The number of nitrogens with one attached hydrogen (secondary N) is 2. The number of carbonyl (C=O) groups is 1. The molecular formula is C31H43N3OSn. The maximum atomic E-state index is 13.2. The van der Waals surface area contributed by atoms with Crippen molar-refractivity contribution >= 4 is 39.2 Å². The van der Waals surface area contributed by atoms with Crippen LogP contribution in [0.4, 0.5) is 11.4 Å². The van der Waals surface area contributed by atoms with Gasteiger partial charge in [-0.05, 0) is 0 Å². The number of carbonyl (C=O) groups excluding carboxylic acids is 1. The van der Waals surface area contributed by atoms with Gasteiger partial charge in [-0.3, -0.25) is 4.98 Å². The van der Waals surface area contributed by atoms with Crippen LogP contribution in [0.5, 0.6) is 0 Å². The van der Waals surface area contributed by atoms with Gasteiger partial charge in [0.25, 0.3) is 0 Å². The van der Waals surface area contributed by atoms with Crippen LogP contribution < -0.4 is 14.2 Å². The molecule has 0 atom stereocenters. The molecule has 2 aromatic carbocycles. The molecule has 3 aromatic rings. The van der Waals surface area contributed by atoms with Crippen molar-refractivity contribution in [3.05, 3.63) is 84.2 Å². The monoisotopic (exact) mass is 593 g/mol. The average molecular weight is 592 g/mol. The van der Waals surface area contributed by atoms with Crippen molar-refractivity contribution in [2.45, 2.75) is 79.2 Å². The van der Waals surface area contributed by atoms with Gasteiger partial charge in [0.2, 0.25) is 0 Å². The summed E-state index contributed by atoms with van der Waals surface area (Å²) in [6.07, 6.45) is 11.5. The zero-order chi connectivity index (χ0) is 25.6. The summed E-state index contributed by atoms with van der Waals surface area (Å²) in [5, 5.41) is 6.54. The van der Waals surface area contributed by atoms with Gasteiger partial charge in [0.1, 0.15) is 0 Å². The van der Waals surface area contributed by atoms with E-state index in [-0.39, 0.29) is 5.91 Å². The molecule has 0 spiro atoms. The van der Waals surface area contributed by atoms with Crippen molar-refractivity contribution in [2.24, 2.45) is 0 Å². The minimum atomic E-state index is -2.45. The van der Waals surface area contributed by atoms with Gasteiger partial charge in [-0.25, -0.2) is 0 Å². The van der Waals surface area contributed by atoms with Crippen LogP contribution in [0.25, 0.3) is 0 Å². The van der Waals surface area contributed by atoms with Gasteiger partial charge in [-0.2, -0.15) is 0 Å². The van der Waals surface area contributed by atoms with E-state index >= 15 is 0 Å². The summed E-state index contributed by atoms with van der Waals surface area (Å²) in [5.41, 5.74) is 3.48. The van der Waals surface area contributed by atoms with E-state index in [9.17, 15) is 4.79 Å². The molecule has 1 amide bonds. The number of hydrogen-bond acceptors (Lipinski definition) is 3. The molecule has 0 bridgehead atoms. The Balaban J connectivity index is 1.74. The van der Waals surface area contributed by atoms with Crippen LogP contribution in [0, 0.1) is 0 Å². The third-order valence-electron chi connectivity index (χ3n) is 7.19. The van der Waals surface area contributed by atoms with Crippen LogP contribution in [0.1, 0.15) is 75.2 Å². The molecule has 3 rings (SSSR count). The molecule has 5 heteroatoms. The third kappa shape index (κ3) is 8.09. The SMILES string of the molecule is CCC[CH2][Sn]([CH2]CCC)([CH2]CCC)[c]1ccc(NC(=O)c2ccccc2NCc2ccncc2)cc1. The number of aromatic nitrogens is 1. The van der Waals surface area contributed by atoms with Gasteiger partial charge in [-0.1, -0.05) is 0 Å². The van der Waals surface area contributed by atoms with E-state index in [1.807, 2.05) is 36.4 Å². The van der Waals surface area contributed by atoms with Crippen LogP contribution in [-0.2, 0) is 6.54 Å². The second kappa shape index (κ2) is 15.0. The van der Waals surface area contributed by atoms with Gasteiger partial charge in [0.15, 0.2) is 0 Å². The normalized spacial score (nSPS) is 11.3. The molecule has 0 saturated heterocycles. The van der Waals surface area contributed by atoms with Crippen LogP contribution in [0.2, 0.25) is 13.3 Å². The summed E-state index contributed by atoms with van der Waals surface area (Å²) >= 11 is -2.45. The first-order chi connectivity index (χ1) is 17.6. The third-order valence-corrected chi connectivity index (χ3v) is 22.9. The summed E-state index contributed by atoms with van der Waals surface area (Å²) in [5.74, 6) is -0.0849. The van der Waals surface area contributed by atoms with E-state index in [1.54, 1.807) is 16.0 Å². The average Bonchev–Trinajstić information content (AvgIpc) is 2.93.